The number of non-ortho nitro benzene ring substituents is 1. The molecule has 0 radical (unpaired) electrons. The molecule has 1 aromatic heterocycles. The molecule has 0 bridgehead atoms. The van der Waals surface area contributed by atoms with Crippen LogP contribution in [0.3, 0.4) is 0 Å². The largest absolute Gasteiger partial charge is 0.379 e. The summed E-state index contributed by atoms with van der Waals surface area (Å²) in [7, 11) is -4.17. The van der Waals surface area contributed by atoms with Crippen molar-refractivity contribution in [2.45, 2.75) is 4.90 Å². The quantitative estimate of drug-likeness (QED) is 0.414. The zero-order chi connectivity index (χ0) is 16.4. The fourth-order valence-electron chi connectivity index (χ4n) is 2.10. The van der Waals surface area contributed by atoms with Crippen LogP contribution in [0.25, 0.3) is 10.9 Å². The monoisotopic (exact) mass is 330 g/mol. The van der Waals surface area contributed by atoms with Gasteiger partial charge in [0.1, 0.15) is 10.6 Å². The van der Waals surface area contributed by atoms with Crippen molar-refractivity contribution in [1.29, 1.82) is 0 Å². The Labute approximate surface area is 131 Å². The van der Waals surface area contributed by atoms with Crippen LogP contribution in [0.15, 0.2) is 65.7 Å². The second-order valence-electron chi connectivity index (χ2n) is 4.62. The van der Waals surface area contributed by atoms with E-state index in [1.54, 1.807) is 24.3 Å². The predicted octanol–water partition coefficient (Wildman–Crippen LogP) is 2.91. The van der Waals surface area contributed by atoms with Crippen LogP contribution >= 0.6 is 0 Å². The number of hydrogen-bond acceptors (Lipinski definition) is 6. The van der Waals surface area contributed by atoms with Gasteiger partial charge in [-0.25, -0.2) is 0 Å². The zero-order valence-electron chi connectivity index (χ0n) is 11.6. The second-order valence-corrected chi connectivity index (χ2v) is 6.14. The molecule has 3 rings (SSSR count). The summed E-state index contributed by atoms with van der Waals surface area (Å²) in [6, 6.07) is 13.1. The maximum absolute atomic E-state index is 12.5. The third kappa shape index (κ3) is 2.97. The number of para-hydroxylation sites is 1. The Morgan fingerprint density at radius 1 is 1.04 bits per heavy atom. The molecule has 0 aliphatic heterocycles. The van der Waals surface area contributed by atoms with E-state index in [0.29, 0.717) is 5.39 Å². The Morgan fingerprint density at radius 3 is 2.57 bits per heavy atom. The van der Waals surface area contributed by atoms with E-state index in [4.69, 9.17) is 4.18 Å². The molecule has 0 unspecified atom stereocenters. The molecule has 0 saturated carbocycles. The smallest absolute Gasteiger partial charge is 0.341 e. The third-order valence-corrected chi connectivity index (χ3v) is 4.38. The van der Waals surface area contributed by atoms with Crippen molar-refractivity contribution in [3.8, 4) is 5.75 Å². The summed E-state index contributed by atoms with van der Waals surface area (Å²) < 4.78 is 29.9. The topological polar surface area (TPSA) is 99.4 Å². The first kappa shape index (κ1) is 14.9. The maximum atomic E-state index is 12.5. The second kappa shape index (κ2) is 5.65. The van der Waals surface area contributed by atoms with Gasteiger partial charge >= 0.3 is 10.1 Å². The van der Waals surface area contributed by atoms with E-state index in [0.717, 1.165) is 6.07 Å². The zero-order valence-corrected chi connectivity index (χ0v) is 12.4. The molecule has 23 heavy (non-hydrogen) atoms. The Kier molecular flexibility index (Phi) is 3.67. The fourth-order valence-corrected chi connectivity index (χ4v) is 3.20. The first-order valence-corrected chi connectivity index (χ1v) is 7.91. The van der Waals surface area contributed by atoms with E-state index in [-0.39, 0.29) is 21.8 Å². The molecular weight excluding hydrogens is 320 g/mol. The molecule has 0 atom stereocenters. The maximum Gasteiger partial charge on any atom is 0.341 e. The lowest BCUT2D eigenvalue weighted by atomic mass is 10.2. The highest BCUT2D eigenvalue weighted by Gasteiger charge is 2.21. The van der Waals surface area contributed by atoms with Crippen molar-refractivity contribution in [2.24, 2.45) is 0 Å². The van der Waals surface area contributed by atoms with E-state index in [1.165, 1.54) is 30.5 Å². The molecule has 1 heterocycles. The van der Waals surface area contributed by atoms with Gasteiger partial charge < -0.3 is 4.18 Å². The molecule has 0 aliphatic rings. The van der Waals surface area contributed by atoms with Crippen molar-refractivity contribution >= 4 is 26.7 Å². The molecule has 2 aromatic carbocycles. The minimum Gasteiger partial charge on any atom is -0.379 e. The minimum absolute atomic E-state index is 0.0953. The van der Waals surface area contributed by atoms with Crippen LogP contribution in [0.1, 0.15) is 0 Å². The third-order valence-electron chi connectivity index (χ3n) is 3.10. The summed E-state index contributed by atoms with van der Waals surface area (Å²) in [6.07, 6.45) is 1.48. The molecule has 116 valence electrons. The van der Waals surface area contributed by atoms with Crippen LogP contribution in [0, 0.1) is 10.1 Å². The van der Waals surface area contributed by atoms with E-state index in [9.17, 15) is 18.5 Å². The first-order chi connectivity index (χ1) is 11.0. The van der Waals surface area contributed by atoms with Crippen molar-refractivity contribution in [3.63, 3.8) is 0 Å². The standard InChI is InChI=1S/C15H10N2O5S/c18-17(19)12-6-2-7-13(10-12)22-23(20,21)14-8-1-4-11-5-3-9-16-15(11)14/h1-10H. The number of nitrogens with zero attached hydrogens (tertiary/aromatic N) is 2. The van der Waals surface area contributed by atoms with Crippen LogP contribution < -0.4 is 4.18 Å². The van der Waals surface area contributed by atoms with Gasteiger partial charge in [-0.3, -0.25) is 15.1 Å². The molecule has 0 spiro atoms. The van der Waals surface area contributed by atoms with E-state index in [1.807, 2.05) is 0 Å². The summed E-state index contributed by atoms with van der Waals surface area (Å²) in [4.78, 5) is 14.1. The van der Waals surface area contributed by atoms with Crippen LogP contribution in [0.4, 0.5) is 5.69 Å². The van der Waals surface area contributed by atoms with Gasteiger partial charge in [0.2, 0.25) is 0 Å². The minimum atomic E-state index is -4.17. The lowest BCUT2D eigenvalue weighted by Crippen LogP contribution is -2.10. The number of benzene rings is 2. The Hall–Kier alpha value is -3.00. The summed E-state index contributed by atoms with van der Waals surface area (Å²) >= 11 is 0. The molecule has 7 nitrogen and oxygen atoms in total. The number of aromatic nitrogens is 1. The van der Waals surface area contributed by atoms with E-state index in [2.05, 4.69) is 4.98 Å². The number of hydrogen-bond donors (Lipinski definition) is 0. The molecule has 0 saturated heterocycles. The Bertz CT molecular complexity index is 996. The number of nitro groups is 1. The van der Waals surface area contributed by atoms with E-state index >= 15 is 0 Å². The normalized spacial score (nSPS) is 11.3. The number of pyridine rings is 1. The van der Waals surface area contributed by atoms with Gasteiger partial charge in [-0.2, -0.15) is 8.42 Å². The van der Waals surface area contributed by atoms with Crippen LogP contribution in [0.5, 0.6) is 5.75 Å². The van der Waals surface area contributed by atoms with Crippen molar-refractivity contribution in [3.05, 3.63) is 70.9 Å². The Balaban J connectivity index is 2.05. The summed E-state index contributed by atoms with van der Waals surface area (Å²) in [5.74, 6) is -0.132. The molecule has 0 fully saturated rings. The molecule has 0 aliphatic carbocycles. The average Bonchev–Trinajstić information content (AvgIpc) is 2.54. The van der Waals surface area contributed by atoms with Crippen LogP contribution in [-0.4, -0.2) is 18.3 Å². The summed E-state index contributed by atoms with van der Waals surface area (Å²) in [5.41, 5.74) is 0.0224. The summed E-state index contributed by atoms with van der Waals surface area (Å²) in [5, 5.41) is 11.4. The van der Waals surface area contributed by atoms with Gasteiger partial charge in [-0.05, 0) is 18.2 Å². The number of fused-ring (bicyclic) bond motifs is 1. The SMILES string of the molecule is O=[N+]([O-])c1cccc(OS(=O)(=O)c2cccc3cccnc23)c1. The van der Waals surface area contributed by atoms with Crippen molar-refractivity contribution in [2.75, 3.05) is 0 Å². The lowest BCUT2D eigenvalue weighted by molar-refractivity contribution is -0.384. The molecule has 8 heteroatoms. The van der Waals surface area contributed by atoms with Gasteiger partial charge in [-0.1, -0.05) is 24.3 Å². The van der Waals surface area contributed by atoms with Gasteiger partial charge in [0.15, 0.2) is 0 Å². The lowest BCUT2D eigenvalue weighted by Gasteiger charge is -2.08. The predicted molar refractivity (Wildman–Crippen MR) is 82.7 cm³/mol. The van der Waals surface area contributed by atoms with Gasteiger partial charge in [0.25, 0.3) is 5.69 Å². The van der Waals surface area contributed by atoms with Gasteiger partial charge in [0, 0.05) is 17.6 Å². The fraction of sp³-hybridized carbons (Fsp3) is 0. The molecule has 0 N–H and O–H groups in total. The Morgan fingerprint density at radius 2 is 1.78 bits per heavy atom. The van der Waals surface area contributed by atoms with E-state index < -0.39 is 15.0 Å². The van der Waals surface area contributed by atoms with Crippen LogP contribution in [-0.2, 0) is 10.1 Å². The first-order valence-electron chi connectivity index (χ1n) is 6.50. The van der Waals surface area contributed by atoms with Gasteiger partial charge in [0.05, 0.1) is 16.5 Å². The highest BCUT2D eigenvalue weighted by Crippen LogP contribution is 2.26. The highest BCUT2D eigenvalue weighted by molar-refractivity contribution is 7.87. The average molecular weight is 330 g/mol. The highest BCUT2D eigenvalue weighted by atomic mass is 32.2. The van der Waals surface area contributed by atoms with Crippen molar-refractivity contribution < 1.29 is 17.5 Å². The van der Waals surface area contributed by atoms with Gasteiger partial charge in [-0.15, -0.1) is 0 Å². The molecule has 3 aromatic rings. The van der Waals surface area contributed by atoms with Crippen LogP contribution in [0.2, 0.25) is 0 Å². The molecular formula is C15H10N2O5S. The molecule has 0 amide bonds. The van der Waals surface area contributed by atoms with Crippen molar-refractivity contribution in [1.82, 2.24) is 4.98 Å². The number of nitro benzene ring substituents is 1. The number of rotatable bonds is 4. The summed E-state index contributed by atoms with van der Waals surface area (Å²) in [6.45, 7) is 0.